The zero-order valence-electron chi connectivity index (χ0n) is 15.2. The highest BCUT2D eigenvalue weighted by molar-refractivity contribution is 6.30. The SMILES string of the molecule is Cc1nn(C)cc1CN(C)C(=O)c1ccn(COc2ccc(F)c(Cl)c2)n1. The molecule has 9 heteroatoms. The Labute approximate surface area is 160 Å². The lowest BCUT2D eigenvalue weighted by Crippen LogP contribution is -2.27. The number of hydrogen-bond acceptors (Lipinski definition) is 4. The van der Waals surface area contributed by atoms with Gasteiger partial charge in [-0.25, -0.2) is 9.07 Å². The summed E-state index contributed by atoms with van der Waals surface area (Å²) in [4.78, 5) is 14.1. The van der Waals surface area contributed by atoms with Gasteiger partial charge in [-0.2, -0.15) is 10.2 Å². The minimum absolute atomic E-state index is 0.0175. The Balaban J connectivity index is 1.61. The van der Waals surface area contributed by atoms with Crippen LogP contribution >= 0.6 is 11.6 Å². The van der Waals surface area contributed by atoms with Crippen LogP contribution in [0.25, 0.3) is 0 Å². The molecule has 0 radical (unpaired) electrons. The molecule has 2 aromatic heterocycles. The second kappa shape index (κ2) is 7.79. The highest BCUT2D eigenvalue weighted by Crippen LogP contribution is 2.21. The van der Waals surface area contributed by atoms with Crippen molar-refractivity contribution in [2.24, 2.45) is 7.05 Å². The number of benzene rings is 1. The summed E-state index contributed by atoms with van der Waals surface area (Å²) in [5.74, 6) is -0.307. The molecule has 142 valence electrons. The van der Waals surface area contributed by atoms with Gasteiger partial charge in [0.15, 0.2) is 12.4 Å². The molecule has 0 saturated carbocycles. The molecule has 0 unspecified atom stereocenters. The third-order valence-electron chi connectivity index (χ3n) is 3.98. The molecule has 0 N–H and O–H groups in total. The standard InChI is InChI=1S/C18H19ClFN5O2/c1-12-13(10-24(3)21-12)9-23(2)18(26)17-6-7-25(22-17)11-27-14-4-5-16(20)15(19)8-14/h4-8,10H,9,11H2,1-3H3. The number of aromatic nitrogens is 4. The smallest absolute Gasteiger partial charge is 0.274 e. The van der Waals surface area contributed by atoms with Crippen molar-refractivity contribution in [3.05, 3.63) is 64.5 Å². The largest absolute Gasteiger partial charge is 0.471 e. The van der Waals surface area contributed by atoms with Gasteiger partial charge in [-0.15, -0.1) is 0 Å². The Morgan fingerprint density at radius 1 is 1.33 bits per heavy atom. The van der Waals surface area contributed by atoms with Crippen molar-refractivity contribution in [1.29, 1.82) is 0 Å². The summed E-state index contributed by atoms with van der Waals surface area (Å²) in [6, 6.07) is 5.71. The predicted octanol–water partition coefficient (Wildman–Crippen LogP) is 3.03. The van der Waals surface area contributed by atoms with E-state index in [4.69, 9.17) is 16.3 Å². The number of halogens is 2. The van der Waals surface area contributed by atoms with E-state index in [0.717, 1.165) is 11.3 Å². The van der Waals surface area contributed by atoms with E-state index in [-0.39, 0.29) is 17.7 Å². The molecule has 7 nitrogen and oxygen atoms in total. The maximum Gasteiger partial charge on any atom is 0.274 e. The summed E-state index contributed by atoms with van der Waals surface area (Å²) in [6.45, 7) is 2.41. The molecule has 1 amide bonds. The van der Waals surface area contributed by atoms with Crippen LogP contribution < -0.4 is 4.74 Å². The monoisotopic (exact) mass is 391 g/mol. The summed E-state index contributed by atoms with van der Waals surface area (Å²) >= 11 is 5.72. The van der Waals surface area contributed by atoms with Crippen molar-refractivity contribution in [3.63, 3.8) is 0 Å². The molecule has 0 bridgehead atoms. The third-order valence-corrected chi connectivity index (χ3v) is 4.27. The van der Waals surface area contributed by atoms with Crippen LogP contribution in [0.15, 0.2) is 36.7 Å². The molecule has 0 aliphatic rings. The van der Waals surface area contributed by atoms with Crippen LogP contribution in [0.4, 0.5) is 4.39 Å². The molecular formula is C18H19ClFN5O2. The summed E-state index contributed by atoms with van der Waals surface area (Å²) in [5, 5.41) is 8.49. The van der Waals surface area contributed by atoms with E-state index in [9.17, 15) is 9.18 Å². The Kier molecular flexibility index (Phi) is 5.46. The van der Waals surface area contributed by atoms with Crippen LogP contribution in [0.1, 0.15) is 21.7 Å². The third kappa shape index (κ3) is 4.46. The van der Waals surface area contributed by atoms with Gasteiger partial charge < -0.3 is 9.64 Å². The van der Waals surface area contributed by atoms with Crippen LogP contribution in [0.5, 0.6) is 5.75 Å². The summed E-state index contributed by atoms with van der Waals surface area (Å²) in [5.41, 5.74) is 2.16. The zero-order chi connectivity index (χ0) is 19.6. The number of rotatable bonds is 6. The number of amides is 1. The lowest BCUT2D eigenvalue weighted by atomic mass is 10.2. The fraction of sp³-hybridized carbons (Fsp3) is 0.278. The quantitative estimate of drug-likeness (QED) is 0.648. The maximum absolute atomic E-state index is 13.2. The molecule has 0 aliphatic carbocycles. The van der Waals surface area contributed by atoms with Gasteiger partial charge in [0.25, 0.3) is 5.91 Å². The number of hydrogen-bond donors (Lipinski definition) is 0. The molecule has 2 heterocycles. The van der Waals surface area contributed by atoms with E-state index in [2.05, 4.69) is 10.2 Å². The number of nitrogens with zero attached hydrogens (tertiary/aromatic N) is 5. The fourth-order valence-electron chi connectivity index (χ4n) is 2.58. The minimum atomic E-state index is -0.511. The molecular weight excluding hydrogens is 373 g/mol. The van der Waals surface area contributed by atoms with Gasteiger partial charge >= 0.3 is 0 Å². The lowest BCUT2D eigenvalue weighted by molar-refractivity contribution is 0.0777. The molecule has 27 heavy (non-hydrogen) atoms. The Morgan fingerprint density at radius 2 is 2.11 bits per heavy atom. The van der Waals surface area contributed by atoms with Gasteiger partial charge in [-0.1, -0.05) is 11.6 Å². The zero-order valence-corrected chi connectivity index (χ0v) is 15.9. The lowest BCUT2D eigenvalue weighted by Gasteiger charge is -2.15. The maximum atomic E-state index is 13.2. The first-order chi connectivity index (χ1) is 12.8. The Bertz CT molecular complexity index is 969. The van der Waals surface area contributed by atoms with Crippen molar-refractivity contribution >= 4 is 17.5 Å². The first kappa shape index (κ1) is 18.9. The van der Waals surface area contributed by atoms with Gasteiger partial charge in [0.1, 0.15) is 11.6 Å². The van der Waals surface area contributed by atoms with Crippen molar-refractivity contribution in [2.45, 2.75) is 20.2 Å². The number of carbonyl (C=O) groups is 1. The van der Waals surface area contributed by atoms with Crippen LogP contribution in [-0.2, 0) is 20.3 Å². The number of carbonyl (C=O) groups excluding carboxylic acids is 1. The van der Waals surface area contributed by atoms with Crippen molar-refractivity contribution < 1.29 is 13.9 Å². The second-order valence-electron chi connectivity index (χ2n) is 6.16. The number of ether oxygens (including phenoxy) is 1. The van der Waals surface area contributed by atoms with E-state index >= 15 is 0 Å². The highest BCUT2D eigenvalue weighted by Gasteiger charge is 2.17. The van der Waals surface area contributed by atoms with Gasteiger partial charge in [0, 0.05) is 44.7 Å². The molecule has 1 aromatic carbocycles. The second-order valence-corrected chi connectivity index (χ2v) is 6.57. The van der Waals surface area contributed by atoms with E-state index < -0.39 is 5.82 Å². The van der Waals surface area contributed by atoms with Crippen LogP contribution in [0.2, 0.25) is 5.02 Å². The van der Waals surface area contributed by atoms with E-state index in [1.807, 2.05) is 20.2 Å². The summed E-state index contributed by atoms with van der Waals surface area (Å²) < 4.78 is 21.9. The normalized spacial score (nSPS) is 10.9. The Morgan fingerprint density at radius 3 is 2.78 bits per heavy atom. The van der Waals surface area contributed by atoms with E-state index in [0.29, 0.717) is 18.0 Å². The summed E-state index contributed by atoms with van der Waals surface area (Å²) in [7, 11) is 3.55. The van der Waals surface area contributed by atoms with Crippen LogP contribution in [0, 0.1) is 12.7 Å². The van der Waals surface area contributed by atoms with Crippen LogP contribution in [0.3, 0.4) is 0 Å². The average molecular weight is 392 g/mol. The van der Waals surface area contributed by atoms with Crippen molar-refractivity contribution in [3.8, 4) is 5.75 Å². The van der Waals surface area contributed by atoms with Crippen molar-refractivity contribution in [2.75, 3.05) is 7.05 Å². The molecule has 0 atom stereocenters. The molecule has 0 spiro atoms. The van der Waals surface area contributed by atoms with Crippen LogP contribution in [-0.4, -0.2) is 37.4 Å². The minimum Gasteiger partial charge on any atom is -0.471 e. The molecule has 0 saturated heterocycles. The first-order valence-corrected chi connectivity index (χ1v) is 8.57. The highest BCUT2D eigenvalue weighted by atomic mass is 35.5. The van der Waals surface area contributed by atoms with Gasteiger partial charge in [0.05, 0.1) is 10.7 Å². The molecule has 3 rings (SSSR count). The topological polar surface area (TPSA) is 65.2 Å². The van der Waals surface area contributed by atoms with Crippen molar-refractivity contribution in [1.82, 2.24) is 24.5 Å². The number of aryl methyl sites for hydroxylation is 2. The Hall–Kier alpha value is -2.87. The predicted molar refractivity (Wildman–Crippen MR) is 98.0 cm³/mol. The van der Waals surface area contributed by atoms with Gasteiger partial charge in [0.2, 0.25) is 0 Å². The van der Waals surface area contributed by atoms with E-state index in [1.54, 1.807) is 28.9 Å². The first-order valence-electron chi connectivity index (χ1n) is 8.19. The summed E-state index contributed by atoms with van der Waals surface area (Å²) in [6.07, 6.45) is 3.53. The van der Waals surface area contributed by atoms with Gasteiger partial charge in [-0.3, -0.25) is 9.48 Å². The fourth-order valence-corrected chi connectivity index (χ4v) is 2.75. The van der Waals surface area contributed by atoms with E-state index in [1.165, 1.54) is 22.9 Å². The average Bonchev–Trinajstić information content (AvgIpc) is 3.21. The molecule has 0 aliphatic heterocycles. The van der Waals surface area contributed by atoms with Gasteiger partial charge in [-0.05, 0) is 25.1 Å². The molecule has 3 aromatic rings. The molecule has 0 fully saturated rings.